The number of carbonyl (C=O) groups is 1. The Kier molecular flexibility index (Phi) is 5.66. The Hall–Kier alpha value is -3.37. The third kappa shape index (κ3) is 4.39. The van der Waals surface area contributed by atoms with Crippen LogP contribution >= 0.6 is 0 Å². The third-order valence-electron chi connectivity index (χ3n) is 4.98. The van der Waals surface area contributed by atoms with Crippen LogP contribution in [0.15, 0.2) is 54.6 Å². The van der Waals surface area contributed by atoms with Gasteiger partial charge in [0, 0.05) is 24.3 Å². The van der Waals surface area contributed by atoms with Gasteiger partial charge in [-0.2, -0.15) is 18.3 Å². The molecule has 10 heteroatoms. The van der Waals surface area contributed by atoms with Crippen LogP contribution in [0.4, 0.5) is 18.9 Å². The minimum Gasteiger partial charge on any atom is -0.378 e. The van der Waals surface area contributed by atoms with Crippen molar-refractivity contribution in [2.24, 2.45) is 0 Å². The van der Waals surface area contributed by atoms with Crippen LogP contribution in [-0.2, 0) is 10.9 Å². The fourth-order valence-corrected chi connectivity index (χ4v) is 3.45. The van der Waals surface area contributed by atoms with Crippen molar-refractivity contribution < 1.29 is 27.9 Å². The molecule has 1 aromatic heterocycles. The van der Waals surface area contributed by atoms with Gasteiger partial charge in [-0.05, 0) is 36.4 Å². The van der Waals surface area contributed by atoms with Gasteiger partial charge in [-0.15, -0.1) is 0 Å². The van der Waals surface area contributed by atoms with Gasteiger partial charge in [-0.1, -0.05) is 18.2 Å². The molecule has 3 aromatic rings. The van der Waals surface area contributed by atoms with Crippen molar-refractivity contribution in [1.29, 1.82) is 0 Å². The Morgan fingerprint density at radius 3 is 2.45 bits per heavy atom. The van der Waals surface area contributed by atoms with Crippen LogP contribution in [0.25, 0.3) is 16.9 Å². The Balaban J connectivity index is 1.81. The molecule has 0 aliphatic carbocycles. The molecule has 1 fully saturated rings. The van der Waals surface area contributed by atoms with Crippen molar-refractivity contribution in [1.82, 2.24) is 15.3 Å². The van der Waals surface area contributed by atoms with Gasteiger partial charge in [0.15, 0.2) is 5.69 Å². The zero-order valence-electron chi connectivity index (χ0n) is 16.3. The minimum atomic E-state index is -4.52. The SMILES string of the molecule is O=C(NO)c1cc(-c2cccc(N3CCOCC3)c2)n(-c2cccc(C(F)(F)F)c2)n1. The number of nitrogens with zero attached hydrogens (tertiary/aromatic N) is 3. The van der Waals surface area contributed by atoms with Gasteiger partial charge in [0.2, 0.25) is 0 Å². The molecule has 0 saturated carbocycles. The average molecular weight is 432 g/mol. The lowest BCUT2D eigenvalue weighted by atomic mass is 10.1. The van der Waals surface area contributed by atoms with Crippen LogP contribution in [0, 0.1) is 0 Å². The first-order valence-corrected chi connectivity index (χ1v) is 9.52. The summed E-state index contributed by atoms with van der Waals surface area (Å²) >= 11 is 0. The first-order valence-electron chi connectivity index (χ1n) is 9.52. The number of anilines is 1. The van der Waals surface area contributed by atoms with Gasteiger partial charge in [0.05, 0.1) is 30.2 Å². The Labute approximate surface area is 175 Å². The summed E-state index contributed by atoms with van der Waals surface area (Å²) in [4.78, 5) is 14.1. The normalized spacial score (nSPS) is 14.5. The molecule has 1 aliphatic heterocycles. The van der Waals surface area contributed by atoms with Crippen molar-refractivity contribution in [2.75, 3.05) is 31.2 Å². The highest BCUT2D eigenvalue weighted by atomic mass is 19.4. The summed E-state index contributed by atoms with van der Waals surface area (Å²) in [5, 5.41) is 13.1. The Morgan fingerprint density at radius 1 is 1.03 bits per heavy atom. The fourth-order valence-electron chi connectivity index (χ4n) is 3.45. The molecule has 0 bridgehead atoms. The molecule has 0 spiro atoms. The van der Waals surface area contributed by atoms with E-state index in [2.05, 4.69) is 10.00 Å². The smallest absolute Gasteiger partial charge is 0.378 e. The number of hydrogen-bond donors (Lipinski definition) is 2. The summed E-state index contributed by atoms with van der Waals surface area (Å²) in [5.74, 6) is -0.865. The molecular formula is C21H19F3N4O3. The van der Waals surface area contributed by atoms with E-state index in [1.807, 2.05) is 18.2 Å². The van der Waals surface area contributed by atoms with Crippen LogP contribution in [-0.4, -0.2) is 47.2 Å². The van der Waals surface area contributed by atoms with Crippen molar-refractivity contribution in [3.8, 4) is 16.9 Å². The predicted molar refractivity (Wildman–Crippen MR) is 106 cm³/mol. The zero-order chi connectivity index (χ0) is 22.0. The van der Waals surface area contributed by atoms with E-state index in [-0.39, 0.29) is 11.4 Å². The summed E-state index contributed by atoms with van der Waals surface area (Å²) in [6, 6.07) is 13.5. The van der Waals surface area contributed by atoms with Gasteiger partial charge >= 0.3 is 6.18 Å². The molecule has 7 nitrogen and oxygen atoms in total. The average Bonchev–Trinajstić information content (AvgIpc) is 3.24. The molecule has 0 radical (unpaired) electrons. The molecule has 162 valence electrons. The second-order valence-corrected chi connectivity index (χ2v) is 6.97. The first-order chi connectivity index (χ1) is 14.9. The lowest BCUT2D eigenvalue weighted by Crippen LogP contribution is -2.36. The van der Waals surface area contributed by atoms with Gasteiger partial charge < -0.3 is 9.64 Å². The van der Waals surface area contributed by atoms with Gasteiger partial charge in [0.1, 0.15) is 0 Å². The van der Waals surface area contributed by atoms with Crippen LogP contribution in [0.5, 0.6) is 0 Å². The van der Waals surface area contributed by atoms with Crippen molar-refractivity contribution in [2.45, 2.75) is 6.18 Å². The molecule has 2 N–H and O–H groups in total. The maximum atomic E-state index is 13.2. The fraction of sp³-hybridized carbons (Fsp3) is 0.238. The molecule has 0 unspecified atom stereocenters. The number of amides is 1. The van der Waals surface area contributed by atoms with E-state index in [0.29, 0.717) is 37.6 Å². The van der Waals surface area contributed by atoms with Gasteiger partial charge in [-0.25, -0.2) is 10.2 Å². The molecule has 2 aromatic carbocycles. The Bertz CT molecular complexity index is 1090. The minimum absolute atomic E-state index is 0.133. The zero-order valence-corrected chi connectivity index (χ0v) is 16.3. The number of rotatable bonds is 4. The second kappa shape index (κ2) is 8.40. The number of halogens is 3. The molecule has 4 rings (SSSR count). The summed E-state index contributed by atoms with van der Waals surface area (Å²) in [5.41, 5.74) is 2.67. The molecule has 31 heavy (non-hydrogen) atoms. The monoisotopic (exact) mass is 432 g/mol. The number of aromatic nitrogens is 2. The summed E-state index contributed by atoms with van der Waals surface area (Å²) in [6.45, 7) is 2.64. The van der Waals surface area contributed by atoms with E-state index in [1.54, 1.807) is 6.07 Å². The van der Waals surface area contributed by atoms with Gasteiger partial charge in [0.25, 0.3) is 5.91 Å². The largest absolute Gasteiger partial charge is 0.416 e. The first kappa shape index (κ1) is 20.9. The van der Waals surface area contributed by atoms with Crippen molar-refractivity contribution in [3.63, 3.8) is 0 Å². The molecular weight excluding hydrogens is 413 g/mol. The lowest BCUT2D eigenvalue weighted by molar-refractivity contribution is -0.137. The summed E-state index contributed by atoms with van der Waals surface area (Å²) in [6.07, 6.45) is -4.52. The van der Waals surface area contributed by atoms with E-state index >= 15 is 0 Å². The van der Waals surface area contributed by atoms with E-state index in [0.717, 1.165) is 17.8 Å². The predicted octanol–water partition coefficient (Wildman–Crippen LogP) is 3.51. The summed E-state index contributed by atoms with van der Waals surface area (Å²) in [7, 11) is 0. The highest BCUT2D eigenvalue weighted by molar-refractivity contribution is 5.92. The number of hydrogen-bond acceptors (Lipinski definition) is 5. The van der Waals surface area contributed by atoms with Crippen molar-refractivity contribution in [3.05, 3.63) is 65.9 Å². The van der Waals surface area contributed by atoms with Crippen LogP contribution in [0.3, 0.4) is 0 Å². The third-order valence-corrected chi connectivity index (χ3v) is 4.98. The maximum Gasteiger partial charge on any atom is 0.416 e. The maximum absolute atomic E-state index is 13.2. The van der Waals surface area contributed by atoms with Crippen LogP contribution in [0.1, 0.15) is 16.1 Å². The highest BCUT2D eigenvalue weighted by Crippen LogP contribution is 2.32. The number of alkyl halides is 3. The molecule has 1 saturated heterocycles. The highest BCUT2D eigenvalue weighted by Gasteiger charge is 2.31. The molecule has 2 heterocycles. The number of benzene rings is 2. The number of carbonyl (C=O) groups excluding carboxylic acids is 1. The molecule has 1 aliphatic rings. The van der Waals surface area contributed by atoms with Crippen molar-refractivity contribution >= 4 is 11.6 Å². The number of ether oxygens (including phenoxy) is 1. The second-order valence-electron chi connectivity index (χ2n) is 6.97. The number of nitrogens with one attached hydrogen (secondary N) is 1. The van der Waals surface area contributed by atoms with Gasteiger partial charge in [-0.3, -0.25) is 10.0 Å². The number of morpholine rings is 1. The van der Waals surface area contributed by atoms with E-state index in [1.165, 1.54) is 28.4 Å². The topological polar surface area (TPSA) is 79.6 Å². The van der Waals surface area contributed by atoms with E-state index in [9.17, 15) is 18.0 Å². The summed E-state index contributed by atoms with van der Waals surface area (Å²) < 4.78 is 46.3. The molecule has 1 amide bonds. The van der Waals surface area contributed by atoms with E-state index in [4.69, 9.17) is 9.94 Å². The Morgan fingerprint density at radius 2 is 1.74 bits per heavy atom. The number of hydroxylamine groups is 1. The standard InChI is InChI=1S/C21H19F3N4O3/c22-21(23,24)15-4-2-6-17(12-15)28-19(13-18(25-28)20(29)26-30)14-3-1-5-16(11-14)27-7-9-31-10-8-27/h1-6,11-13,30H,7-10H2,(H,26,29). The van der Waals surface area contributed by atoms with Crippen LogP contribution < -0.4 is 10.4 Å². The van der Waals surface area contributed by atoms with E-state index < -0.39 is 17.6 Å². The van der Waals surface area contributed by atoms with Crippen LogP contribution in [0.2, 0.25) is 0 Å². The quantitative estimate of drug-likeness (QED) is 0.487. The lowest BCUT2D eigenvalue weighted by Gasteiger charge is -2.29. The molecule has 0 atom stereocenters.